The van der Waals surface area contributed by atoms with Gasteiger partial charge in [0.1, 0.15) is 0 Å². The largest absolute Gasteiger partial charge is 0.352 e. The predicted molar refractivity (Wildman–Crippen MR) is 109 cm³/mol. The Hall–Kier alpha value is -3.25. The van der Waals surface area contributed by atoms with Crippen molar-refractivity contribution in [2.45, 2.75) is 13.3 Å². The van der Waals surface area contributed by atoms with Crippen LogP contribution in [0.4, 0.5) is 11.6 Å². The van der Waals surface area contributed by atoms with Crippen molar-refractivity contribution < 1.29 is 9.59 Å². The molecule has 142 valence electrons. The van der Waals surface area contributed by atoms with Crippen LogP contribution in [0.1, 0.15) is 33.2 Å². The summed E-state index contributed by atoms with van der Waals surface area (Å²) in [6.45, 7) is 1.99. The van der Waals surface area contributed by atoms with Crippen LogP contribution in [-0.4, -0.2) is 28.2 Å². The van der Waals surface area contributed by atoms with Crippen LogP contribution in [0.2, 0.25) is 5.02 Å². The lowest BCUT2D eigenvalue weighted by atomic mass is 10.1. The molecule has 0 aliphatic heterocycles. The second-order valence-electron chi connectivity index (χ2n) is 6.19. The summed E-state index contributed by atoms with van der Waals surface area (Å²) in [7, 11) is 0. The molecule has 6 nitrogen and oxygen atoms in total. The topological polar surface area (TPSA) is 84.0 Å². The molecule has 0 atom stereocenters. The molecule has 0 saturated carbocycles. The Balaban J connectivity index is 1.55. The molecule has 2 aromatic carbocycles. The minimum Gasteiger partial charge on any atom is -0.352 e. The van der Waals surface area contributed by atoms with Gasteiger partial charge in [-0.2, -0.15) is 0 Å². The van der Waals surface area contributed by atoms with Gasteiger partial charge in [0.2, 0.25) is 5.95 Å². The molecule has 0 bridgehead atoms. The molecule has 1 heterocycles. The Kier molecular flexibility index (Phi) is 6.34. The number of anilines is 2. The van der Waals surface area contributed by atoms with E-state index >= 15 is 0 Å². The molecule has 0 aliphatic rings. The molecular formula is C21H19ClN4O2. The quantitative estimate of drug-likeness (QED) is 0.590. The zero-order chi connectivity index (χ0) is 19.9. The van der Waals surface area contributed by atoms with E-state index in [2.05, 4.69) is 20.6 Å². The molecule has 3 rings (SSSR count). The lowest BCUT2D eigenvalue weighted by Gasteiger charge is -2.08. The number of halogens is 1. The second kappa shape index (κ2) is 9.10. The molecule has 28 heavy (non-hydrogen) atoms. The highest BCUT2D eigenvalue weighted by Gasteiger charge is 2.08. The van der Waals surface area contributed by atoms with E-state index in [1.54, 1.807) is 18.2 Å². The highest BCUT2D eigenvalue weighted by molar-refractivity contribution is 6.30. The Morgan fingerprint density at radius 1 is 1.00 bits per heavy atom. The van der Waals surface area contributed by atoms with Gasteiger partial charge in [-0.25, -0.2) is 9.97 Å². The van der Waals surface area contributed by atoms with Crippen LogP contribution in [0, 0.1) is 0 Å². The van der Waals surface area contributed by atoms with Crippen molar-refractivity contribution in [1.82, 2.24) is 15.3 Å². The number of benzene rings is 2. The molecule has 0 spiro atoms. The summed E-state index contributed by atoms with van der Waals surface area (Å²) < 4.78 is 0. The van der Waals surface area contributed by atoms with Gasteiger partial charge in [0.15, 0.2) is 5.78 Å². The van der Waals surface area contributed by atoms with E-state index in [1.165, 1.54) is 19.3 Å². The molecule has 2 N–H and O–H groups in total. The van der Waals surface area contributed by atoms with Gasteiger partial charge in [0.25, 0.3) is 5.91 Å². The highest BCUT2D eigenvalue weighted by Crippen LogP contribution is 2.15. The summed E-state index contributed by atoms with van der Waals surface area (Å²) in [6.07, 6.45) is 3.59. The summed E-state index contributed by atoms with van der Waals surface area (Å²) >= 11 is 5.95. The van der Waals surface area contributed by atoms with Gasteiger partial charge in [0.05, 0.1) is 5.56 Å². The Morgan fingerprint density at radius 2 is 1.75 bits per heavy atom. The smallest absolute Gasteiger partial charge is 0.254 e. The van der Waals surface area contributed by atoms with Crippen LogP contribution >= 0.6 is 11.6 Å². The number of aromatic nitrogens is 2. The lowest BCUT2D eigenvalue weighted by molar-refractivity contribution is 0.0952. The third-order valence-electron chi connectivity index (χ3n) is 4.03. The van der Waals surface area contributed by atoms with E-state index in [-0.39, 0.29) is 11.7 Å². The van der Waals surface area contributed by atoms with Crippen molar-refractivity contribution in [2.24, 2.45) is 0 Å². The number of hydrogen-bond donors (Lipinski definition) is 2. The number of hydrogen-bond acceptors (Lipinski definition) is 5. The number of nitrogens with zero attached hydrogens (tertiary/aromatic N) is 2. The molecule has 0 fully saturated rings. The van der Waals surface area contributed by atoms with E-state index in [4.69, 9.17) is 11.6 Å². The predicted octanol–water partition coefficient (Wildman–Crippen LogP) is 4.05. The standard InChI is InChI=1S/C21H19ClN4O2/c1-14(27)16-5-3-7-19(11-16)26-21-24-12-17(13-25-21)20(28)23-9-8-15-4-2-6-18(22)10-15/h2-7,10-13H,8-9H2,1H3,(H,23,28)(H,24,25,26). The summed E-state index contributed by atoms with van der Waals surface area (Å²) in [5, 5.41) is 6.53. The summed E-state index contributed by atoms with van der Waals surface area (Å²) in [6, 6.07) is 14.6. The molecule has 7 heteroatoms. The summed E-state index contributed by atoms with van der Waals surface area (Å²) in [5.74, 6) is 0.0812. The van der Waals surface area contributed by atoms with E-state index in [0.29, 0.717) is 40.8 Å². The fourth-order valence-electron chi connectivity index (χ4n) is 2.57. The highest BCUT2D eigenvalue weighted by atomic mass is 35.5. The minimum atomic E-state index is -0.243. The van der Waals surface area contributed by atoms with E-state index < -0.39 is 0 Å². The van der Waals surface area contributed by atoms with Crippen molar-refractivity contribution in [3.05, 3.63) is 82.6 Å². The number of rotatable bonds is 7. The number of carbonyl (C=O) groups excluding carboxylic acids is 2. The van der Waals surface area contributed by atoms with Crippen molar-refractivity contribution in [2.75, 3.05) is 11.9 Å². The molecular weight excluding hydrogens is 376 g/mol. The van der Waals surface area contributed by atoms with Crippen molar-refractivity contribution in [1.29, 1.82) is 0 Å². The zero-order valence-electron chi connectivity index (χ0n) is 15.3. The van der Waals surface area contributed by atoms with Crippen molar-refractivity contribution >= 4 is 34.9 Å². The van der Waals surface area contributed by atoms with Gasteiger partial charge < -0.3 is 10.6 Å². The van der Waals surface area contributed by atoms with E-state index in [0.717, 1.165) is 5.56 Å². The molecule has 0 aliphatic carbocycles. The third kappa shape index (κ3) is 5.37. The number of Topliss-reactive ketones (excluding diaryl/α,β-unsaturated/α-hetero) is 1. The van der Waals surface area contributed by atoms with Crippen LogP contribution in [0.15, 0.2) is 60.9 Å². The first-order valence-corrected chi connectivity index (χ1v) is 9.12. The molecule has 0 radical (unpaired) electrons. The normalized spacial score (nSPS) is 10.4. The van der Waals surface area contributed by atoms with Crippen LogP contribution in [0.25, 0.3) is 0 Å². The average molecular weight is 395 g/mol. The Labute approximate surface area is 168 Å². The third-order valence-corrected chi connectivity index (χ3v) is 4.26. The first-order valence-electron chi connectivity index (χ1n) is 8.74. The molecule has 0 unspecified atom stereocenters. The van der Waals surface area contributed by atoms with E-state index in [9.17, 15) is 9.59 Å². The average Bonchev–Trinajstić information content (AvgIpc) is 2.69. The fourth-order valence-corrected chi connectivity index (χ4v) is 2.78. The van der Waals surface area contributed by atoms with Crippen molar-refractivity contribution in [3.63, 3.8) is 0 Å². The maximum Gasteiger partial charge on any atom is 0.254 e. The maximum atomic E-state index is 12.2. The van der Waals surface area contributed by atoms with Crippen LogP contribution in [0.3, 0.4) is 0 Å². The van der Waals surface area contributed by atoms with Gasteiger partial charge in [0, 0.05) is 35.2 Å². The van der Waals surface area contributed by atoms with Crippen LogP contribution < -0.4 is 10.6 Å². The number of nitrogens with one attached hydrogen (secondary N) is 2. The second-order valence-corrected chi connectivity index (χ2v) is 6.63. The molecule has 3 aromatic rings. The van der Waals surface area contributed by atoms with Gasteiger partial charge in [-0.1, -0.05) is 35.9 Å². The van der Waals surface area contributed by atoms with Crippen LogP contribution in [-0.2, 0) is 6.42 Å². The number of ketones is 1. The fraction of sp³-hybridized carbons (Fsp3) is 0.143. The Morgan fingerprint density at radius 3 is 2.46 bits per heavy atom. The van der Waals surface area contributed by atoms with Gasteiger partial charge in [-0.05, 0) is 43.2 Å². The number of carbonyl (C=O) groups is 2. The van der Waals surface area contributed by atoms with Gasteiger partial charge >= 0.3 is 0 Å². The lowest BCUT2D eigenvalue weighted by Crippen LogP contribution is -2.26. The monoisotopic (exact) mass is 394 g/mol. The first kappa shape index (κ1) is 19.5. The first-order chi connectivity index (χ1) is 13.5. The maximum absolute atomic E-state index is 12.2. The Bertz CT molecular complexity index is 990. The SMILES string of the molecule is CC(=O)c1cccc(Nc2ncc(C(=O)NCCc3cccc(Cl)c3)cn2)c1. The molecule has 0 saturated heterocycles. The van der Waals surface area contributed by atoms with Gasteiger partial charge in [-0.3, -0.25) is 9.59 Å². The molecule has 1 aromatic heterocycles. The van der Waals surface area contributed by atoms with E-state index in [1.807, 2.05) is 30.3 Å². The summed E-state index contributed by atoms with van der Waals surface area (Å²) in [4.78, 5) is 32.0. The molecule has 1 amide bonds. The summed E-state index contributed by atoms with van der Waals surface area (Å²) in [5.41, 5.74) is 2.72. The zero-order valence-corrected chi connectivity index (χ0v) is 16.0. The van der Waals surface area contributed by atoms with Gasteiger partial charge in [-0.15, -0.1) is 0 Å². The van der Waals surface area contributed by atoms with Crippen LogP contribution in [0.5, 0.6) is 0 Å². The van der Waals surface area contributed by atoms with Crippen molar-refractivity contribution in [3.8, 4) is 0 Å². The minimum absolute atomic E-state index is 0.0191. The number of amides is 1.